The van der Waals surface area contributed by atoms with Crippen molar-refractivity contribution in [3.8, 4) is 0 Å². The van der Waals surface area contributed by atoms with E-state index in [2.05, 4.69) is 4.98 Å². The van der Waals surface area contributed by atoms with Crippen molar-refractivity contribution >= 4 is 29.1 Å². The highest BCUT2D eigenvalue weighted by atomic mass is 32.1. The number of ketones is 1. The van der Waals surface area contributed by atoms with Crippen molar-refractivity contribution < 1.29 is 24.9 Å². The molecule has 2 bridgehead atoms. The molecule has 3 heterocycles. The maximum Gasteiger partial charge on any atom is 0.186 e. The quantitative estimate of drug-likeness (QED) is 0.551. The largest absolute Gasteiger partial charge is 0.474 e. The number of hydrogen-bond donors (Lipinski definition) is 3. The molecule has 1 aromatic rings. The lowest BCUT2D eigenvalue weighted by molar-refractivity contribution is -0.141. The molecular weight excluding hydrogens is 464 g/mol. The zero-order valence-electron chi connectivity index (χ0n) is 22.1. The Morgan fingerprint density at radius 3 is 2.57 bits per heavy atom. The lowest BCUT2D eigenvalue weighted by Crippen LogP contribution is -2.49. The summed E-state index contributed by atoms with van der Waals surface area (Å²) < 4.78 is 6.19. The molecule has 196 valence electrons. The van der Waals surface area contributed by atoms with Gasteiger partial charge in [0, 0.05) is 17.7 Å². The summed E-state index contributed by atoms with van der Waals surface area (Å²) in [5, 5.41) is 36.4. The fourth-order valence-electron chi connectivity index (χ4n) is 5.15. The minimum absolute atomic E-state index is 0.0588. The summed E-state index contributed by atoms with van der Waals surface area (Å²) in [6.07, 6.45) is 2.10. The lowest BCUT2D eigenvalue weighted by atomic mass is 9.72. The molecule has 35 heavy (non-hydrogen) atoms. The minimum Gasteiger partial charge on any atom is -0.474 e. The van der Waals surface area contributed by atoms with Crippen molar-refractivity contribution in [2.75, 3.05) is 0 Å². The number of ether oxygens (including phenoxy) is 1. The fraction of sp³-hybridized carbons (Fsp3) is 0.741. The number of carbonyl (C=O) groups is 1. The Hall–Kier alpha value is -1.61. The predicted octanol–water partition coefficient (Wildman–Crippen LogP) is 4.33. The van der Waals surface area contributed by atoms with Gasteiger partial charge in [0.2, 0.25) is 0 Å². The smallest absolute Gasteiger partial charge is 0.186 e. The average Bonchev–Trinajstić information content (AvgIpc) is 3.20. The number of nitrogens with zero attached hydrogens (tertiary/aromatic N) is 2. The number of aliphatic hydroxyl groups is 3. The van der Waals surface area contributed by atoms with Gasteiger partial charge < -0.3 is 20.1 Å². The number of Topliss-reactive ketones (excluding diaryl/α,β-unsaturated/α-hetero) is 1. The standard InChI is InChI=1S/C27H42N2O5S/c1-15-9-8-10-27(7,33)22-12-20(16(2)11-19-14-35-18(4)28-19)29-23(34-22)13-21(30)26(5,6)25(32)17(3)24(15)31/h11,14-15,17,20-22,24,30-31,33H,8-10,12-13H2,1-7H3/b16-11+/t15-,17+,20-,21-,22-,24-,27+/m0/s1. The number of thiazole rings is 1. The number of aliphatic hydroxyl groups excluding tert-OH is 2. The van der Waals surface area contributed by atoms with Gasteiger partial charge in [-0.25, -0.2) is 9.98 Å². The Labute approximate surface area is 213 Å². The van der Waals surface area contributed by atoms with Crippen LogP contribution in [0.3, 0.4) is 0 Å². The maximum atomic E-state index is 13.3. The van der Waals surface area contributed by atoms with E-state index in [1.165, 1.54) is 0 Å². The topological polar surface area (TPSA) is 112 Å². The van der Waals surface area contributed by atoms with Crippen molar-refractivity contribution in [2.45, 2.75) is 111 Å². The van der Waals surface area contributed by atoms with E-state index >= 15 is 0 Å². The summed E-state index contributed by atoms with van der Waals surface area (Å²) >= 11 is 1.59. The van der Waals surface area contributed by atoms with E-state index in [-0.39, 0.29) is 24.2 Å². The van der Waals surface area contributed by atoms with Crippen molar-refractivity contribution in [2.24, 2.45) is 22.2 Å². The van der Waals surface area contributed by atoms with Gasteiger partial charge in [0.25, 0.3) is 0 Å². The number of rotatable bonds is 2. The molecule has 0 aliphatic carbocycles. The zero-order valence-corrected chi connectivity index (χ0v) is 22.9. The van der Waals surface area contributed by atoms with Crippen LogP contribution < -0.4 is 0 Å². The van der Waals surface area contributed by atoms with Crippen LogP contribution in [0.5, 0.6) is 0 Å². The van der Waals surface area contributed by atoms with Gasteiger partial charge >= 0.3 is 0 Å². The van der Waals surface area contributed by atoms with Crippen LogP contribution in [0.15, 0.2) is 15.9 Å². The number of aliphatic imine (C=N–C) groups is 1. The molecule has 1 saturated heterocycles. The number of aryl methyl sites for hydroxylation is 1. The molecule has 3 N–H and O–H groups in total. The van der Waals surface area contributed by atoms with E-state index in [1.807, 2.05) is 32.2 Å². The molecule has 2 aliphatic rings. The minimum atomic E-state index is -1.10. The SMILES string of the molecule is C/C(=C\c1csc(C)n1)[C@@H]1C[C@@H]2OC(=N1)C[C@H](O)C(C)(C)C(=O)[C@H](C)[C@@H](O)[C@@H](C)CCC[C@@]2(C)O. The molecule has 2 aliphatic heterocycles. The molecule has 0 unspecified atom stereocenters. The van der Waals surface area contributed by atoms with Crippen LogP contribution in [-0.4, -0.2) is 61.9 Å². The summed E-state index contributed by atoms with van der Waals surface area (Å²) in [6, 6.07) is -0.226. The van der Waals surface area contributed by atoms with Gasteiger partial charge in [-0.15, -0.1) is 11.3 Å². The normalized spacial score (nSPS) is 37.3. The predicted molar refractivity (Wildman–Crippen MR) is 139 cm³/mol. The van der Waals surface area contributed by atoms with E-state index in [4.69, 9.17) is 9.73 Å². The third-order valence-electron chi connectivity index (χ3n) is 7.93. The van der Waals surface area contributed by atoms with Gasteiger partial charge in [0.1, 0.15) is 11.9 Å². The Morgan fingerprint density at radius 2 is 1.94 bits per heavy atom. The van der Waals surface area contributed by atoms with Crippen molar-refractivity contribution in [1.82, 2.24) is 4.98 Å². The molecule has 3 rings (SSSR count). The Bertz CT molecular complexity index is 967. The highest BCUT2D eigenvalue weighted by Gasteiger charge is 2.44. The summed E-state index contributed by atoms with van der Waals surface area (Å²) in [4.78, 5) is 22.6. The van der Waals surface area contributed by atoms with Crippen LogP contribution in [0.1, 0.15) is 84.3 Å². The van der Waals surface area contributed by atoms with E-state index in [1.54, 1.807) is 39.0 Å². The zero-order chi connectivity index (χ0) is 26.1. The monoisotopic (exact) mass is 506 g/mol. The Kier molecular flexibility index (Phi) is 8.62. The van der Waals surface area contributed by atoms with Crippen LogP contribution in [0, 0.1) is 24.2 Å². The highest BCUT2D eigenvalue weighted by molar-refractivity contribution is 7.09. The molecule has 0 saturated carbocycles. The number of aromatic nitrogens is 1. The summed E-state index contributed by atoms with van der Waals surface area (Å²) in [7, 11) is 0. The molecule has 8 heteroatoms. The molecule has 0 aromatic carbocycles. The molecule has 1 fully saturated rings. The van der Waals surface area contributed by atoms with Gasteiger partial charge in [0.05, 0.1) is 46.4 Å². The molecule has 7 nitrogen and oxygen atoms in total. The van der Waals surface area contributed by atoms with Gasteiger partial charge in [-0.05, 0) is 51.2 Å². The first kappa shape index (κ1) is 28.0. The van der Waals surface area contributed by atoms with E-state index in [9.17, 15) is 20.1 Å². The molecule has 0 amide bonds. The Balaban J connectivity index is 1.97. The first-order chi connectivity index (χ1) is 16.2. The molecule has 0 spiro atoms. The van der Waals surface area contributed by atoms with Gasteiger partial charge in [0.15, 0.2) is 5.90 Å². The van der Waals surface area contributed by atoms with E-state index < -0.39 is 35.2 Å². The van der Waals surface area contributed by atoms with Crippen LogP contribution in [0.4, 0.5) is 0 Å². The van der Waals surface area contributed by atoms with E-state index in [0.717, 1.165) is 16.3 Å². The lowest BCUT2D eigenvalue weighted by Gasteiger charge is -2.40. The molecule has 7 atom stereocenters. The van der Waals surface area contributed by atoms with Gasteiger partial charge in [-0.1, -0.05) is 34.1 Å². The second kappa shape index (κ2) is 10.8. The molecule has 0 radical (unpaired) electrons. The summed E-state index contributed by atoms with van der Waals surface area (Å²) in [6.45, 7) is 12.9. The van der Waals surface area contributed by atoms with E-state index in [0.29, 0.717) is 31.6 Å². The second-order valence-corrected chi connectivity index (χ2v) is 12.4. The molecule has 1 aromatic heterocycles. The number of hydrogen-bond acceptors (Lipinski definition) is 8. The van der Waals surface area contributed by atoms with Crippen LogP contribution in [0.2, 0.25) is 0 Å². The average molecular weight is 507 g/mol. The van der Waals surface area contributed by atoms with Crippen molar-refractivity contribution in [3.05, 3.63) is 21.7 Å². The number of fused-ring (bicyclic) bond motifs is 2. The third kappa shape index (κ3) is 6.40. The number of carbonyl (C=O) groups excluding carboxylic acids is 1. The highest BCUT2D eigenvalue weighted by Crippen LogP contribution is 2.36. The van der Waals surface area contributed by atoms with Crippen molar-refractivity contribution in [3.63, 3.8) is 0 Å². The molecular formula is C27H42N2O5S. The summed E-state index contributed by atoms with van der Waals surface area (Å²) in [5.74, 6) is -0.544. The van der Waals surface area contributed by atoms with Crippen molar-refractivity contribution in [1.29, 1.82) is 0 Å². The Morgan fingerprint density at radius 1 is 1.26 bits per heavy atom. The fourth-order valence-corrected chi connectivity index (χ4v) is 5.72. The summed E-state index contributed by atoms with van der Waals surface area (Å²) in [5.41, 5.74) is -0.308. The van der Waals surface area contributed by atoms with Gasteiger partial charge in [-0.2, -0.15) is 0 Å². The first-order valence-corrected chi connectivity index (χ1v) is 13.6. The van der Waals surface area contributed by atoms with Crippen LogP contribution >= 0.6 is 11.3 Å². The third-order valence-corrected chi connectivity index (χ3v) is 8.73. The second-order valence-electron chi connectivity index (χ2n) is 11.4. The maximum absolute atomic E-state index is 13.3. The first-order valence-electron chi connectivity index (χ1n) is 12.7. The van der Waals surface area contributed by atoms with Crippen LogP contribution in [0.25, 0.3) is 6.08 Å². The van der Waals surface area contributed by atoms with Gasteiger partial charge in [-0.3, -0.25) is 4.79 Å². The van der Waals surface area contributed by atoms with Crippen LogP contribution in [-0.2, 0) is 9.53 Å².